The molecule has 19 heavy (non-hydrogen) atoms. The van der Waals surface area contributed by atoms with Crippen molar-refractivity contribution < 1.29 is 4.74 Å². The molecule has 6 heteroatoms. The summed E-state index contributed by atoms with van der Waals surface area (Å²) in [6, 6.07) is 1.45. The van der Waals surface area contributed by atoms with Gasteiger partial charge in [-0.15, -0.1) is 0 Å². The maximum atomic E-state index is 11.9. The van der Waals surface area contributed by atoms with E-state index >= 15 is 0 Å². The standard InChI is InChI=1S/C13H23N3O3/c1-3-15-10-6-12(17)16(13(15)18)9-5-4-7-14-8-11-19-2/h6,10,14H,3-5,7-9,11H2,1-2H3. The fourth-order valence-corrected chi connectivity index (χ4v) is 1.82. The van der Waals surface area contributed by atoms with E-state index in [1.54, 1.807) is 13.3 Å². The van der Waals surface area contributed by atoms with E-state index in [9.17, 15) is 9.59 Å². The van der Waals surface area contributed by atoms with Gasteiger partial charge in [0.2, 0.25) is 0 Å². The van der Waals surface area contributed by atoms with Crippen molar-refractivity contribution >= 4 is 0 Å². The van der Waals surface area contributed by atoms with Crippen LogP contribution in [-0.4, -0.2) is 35.9 Å². The molecule has 0 saturated heterocycles. The first kappa shape index (κ1) is 15.7. The third kappa shape index (κ3) is 5.00. The lowest BCUT2D eigenvalue weighted by atomic mass is 10.3. The largest absolute Gasteiger partial charge is 0.383 e. The van der Waals surface area contributed by atoms with Gasteiger partial charge in [0.05, 0.1) is 6.61 Å². The quantitative estimate of drug-likeness (QED) is 0.643. The molecule has 1 N–H and O–H groups in total. The molecular weight excluding hydrogens is 246 g/mol. The van der Waals surface area contributed by atoms with Crippen LogP contribution in [0.5, 0.6) is 0 Å². The average Bonchev–Trinajstić information content (AvgIpc) is 2.41. The number of hydrogen-bond acceptors (Lipinski definition) is 4. The molecule has 0 fully saturated rings. The van der Waals surface area contributed by atoms with Crippen molar-refractivity contribution in [2.75, 3.05) is 26.8 Å². The number of ether oxygens (including phenoxy) is 1. The molecule has 0 saturated carbocycles. The third-order valence-corrected chi connectivity index (χ3v) is 2.95. The molecule has 1 aromatic heterocycles. The second kappa shape index (κ2) is 8.66. The van der Waals surface area contributed by atoms with Crippen LogP contribution in [0.2, 0.25) is 0 Å². The summed E-state index contributed by atoms with van der Waals surface area (Å²) in [6.07, 6.45) is 3.28. The van der Waals surface area contributed by atoms with Gasteiger partial charge in [-0.05, 0) is 26.3 Å². The minimum atomic E-state index is -0.220. The van der Waals surface area contributed by atoms with Crippen LogP contribution in [0.3, 0.4) is 0 Å². The molecule has 0 amide bonds. The third-order valence-electron chi connectivity index (χ3n) is 2.95. The number of aromatic nitrogens is 2. The Balaban J connectivity index is 2.41. The molecule has 0 atom stereocenters. The molecule has 0 bridgehead atoms. The predicted octanol–water partition coefficient (Wildman–Crippen LogP) is 0.0461. The molecular formula is C13H23N3O3. The van der Waals surface area contributed by atoms with Crippen molar-refractivity contribution in [2.45, 2.75) is 32.9 Å². The molecule has 0 aliphatic heterocycles. The zero-order chi connectivity index (χ0) is 14.1. The Labute approximate surface area is 113 Å². The van der Waals surface area contributed by atoms with Gasteiger partial charge in [-0.3, -0.25) is 9.36 Å². The van der Waals surface area contributed by atoms with Gasteiger partial charge in [-0.25, -0.2) is 4.79 Å². The van der Waals surface area contributed by atoms with Crippen molar-refractivity contribution in [3.05, 3.63) is 33.1 Å². The minimum absolute atomic E-state index is 0.220. The molecule has 0 radical (unpaired) electrons. The lowest BCUT2D eigenvalue weighted by Gasteiger charge is -2.08. The van der Waals surface area contributed by atoms with Gasteiger partial charge in [0.25, 0.3) is 5.56 Å². The first-order valence-electron chi connectivity index (χ1n) is 6.70. The molecule has 0 aliphatic carbocycles. The molecule has 108 valence electrons. The Morgan fingerprint density at radius 2 is 2.05 bits per heavy atom. The topological polar surface area (TPSA) is 65.3 Å². The second-order valence-electron chi connectivity index (χ2n) is 4.32. The second-order valence-corrected chi connectivity index (χ2v) is 4.32. The number of methoxy groups -OCH3 is 1. The Hall–Kier alpha value is -1.40. The highest BCUT2D eigenvalue weighted by Gasteiger charge is 2.03. The Morgan fingerprint density at radius 3 is 2.74 bits per heavy atom. The van der Waals surface area contributed by atoms with E-state index in [2.05, 4.69) is 5.32 Å². The number of aryl methyl sites for hydroxylation is 1. The summed E-state index contributed by atoms with van der Waals surface area (Å²) < 4.78 is 7.77. The van der Waals surface area contributed by atoms with Gasteiger partial charge in [0, 0.05) is 39.0 Å². The van der Waals surface area contributed by atoms with Crippen molar-refractivity contribution in [2.24, 2.45) is 0 Å². The average molecular weight is 269 g/mol. The van der Waals surface area contributed by atoms with Gasteiger partial charge in [-0.2, -0.15) is 0 Å². The van der Waals surface area contributed by atoms with E-state index in [-0.39, 0.29) is 11.2 Å². The molecule has 6 nitrogen and oxygen atoms in total. The number of nitrogens with one attached hydrogen (secondary N) is 1. The molecule has 1 rings (SSSR count). The molecule has 0 aliphatic rings. The van der Waals surface area contributed by atoms with Gasteiger partial charge < -0.3 is 14.6 Å². The van der Waals surface area contributed by atoms with Crippen molar-refractivity contribution in [1.82, 2.24) is 14.5 Å². The highest BCUT2D eigenvalue weighted by molar-refractivity contribution is 4.86. The van der Waals surface area contributed by atoms with Crippen LogP contribution >= 0.6 is 0 Å². The van der Waals surface area contributed by atoms with E-state index in [4.69, 9.17) is 4.74 Å². The van der Waals surface area contributed by atoms with Gasteiger partial charge in [-0.1, -0.05) is 0 Å². The van der Waals surface area contributed by atoms with Crippen LogP contribution in [0.1, 0.15) is 19.8 Å². The molecule has 0 spiro atoms. The van der Waals surface area contributed by atoms with Crippen molar-refractivity contribution in [3.63, 3.8) is 0 Å². The van der Waals surface area contributed by atoms with E-state index in [1.807, 2.05) is 6.92 Å². The zero-order valence-corrected chi connectivity index (χ0v) is 11.7. The lowest BCUT2D eigenvalue weighted by Crippen LogP contribution is -2.38. The van der Waals surface area contributed by atoms with Gasteiger partial charge >= 0.3 is 5.69 Å². The van der Waals surface area contributed by atoms with Crippen LogP contribution < -0.4 is 16.6 Å². The lowest BCUT2D eigenvalue weighted by molar-refractivity contribution is 0.199. The van der Waals surface area contributed by atoms with E-state index < -0.39 is 0 Å². The summed E-state index contributed by atoms with van der Waals surface area (Å²) in [4.78, 5) is 23.6. The van der Waals surface area contributed by atoms with Crippen molar-refractivity contribution in [3.8, 4) is 0 Å². The maximum Gasteiger partial charge on any atom is 0.330 e. The van der Waals surface area contributed by atoms with Crippen LogP contribution in [-0.2, 0) is 17.8 Å². The molecule has 0 unspecified atom stereocenters. The molecule has 1 heterocycles. The van der Waals surface area contributed by atoms with Crippen molar-refractivity contribution in [1.29, 1.82) is 0 Å². The number of nitrogens with zero attached hydrogens (tertiary/aromatic N) is 2. The van der Waals surface area contributed by atoms with Gasteiger partial charge in [0.1, 0.15) is 0 Å². The summed E-state index contributed by atoms with van der Waals surface area (Å²) >= 11 is 0. The summed E-state index contributed by atoms with van der Waals surface area (Å²) in [5.41, 5.74) is -0.440. The van der Waals surface area contributed by atoms with Crippen LogP contribution in [0.4, 0.5) is 0 Å². The van der Waals surface area contributed by atoms with E-state index in [0.29, 0.717) is 19.7 Å². The maximum absolute atomic E-state index is 11.9. The summed E-state index contributed by atoms with van der Waals surface area (Å²) in [5, 5.41) is 3.23. The summed E-state index contributed by atoms with van der Waals surface area (Å²) in [6.45, 7) is 5.33. The SMILES string of the molecule is CCn1ccc(=O)n(CCCCNCCOC)c1=O. The number of rotatable bonds is 9. The normalized spacial score (nSPS) is 10.8. The number of unbranched alkanes of at least 4 members (excludes halogenated alkanes) is 1. The Morgan fingerprint density at radius 1 is 1.26 bits per heavy atom. The van der Waals surface area contributed by atoms with Crippen LogP contribution in [0.15, 0.2) is 21.9 Å². The van der Waals surface area contributed by atoms with E-state index in [0.717, 1.165) is 25.9 Å². The zero-order valence-electron chi connectivity index (χ0n) is 11.7. The van der Waals surface area contributed by atoms with Gasteiger partial charge in [0.15, 0.2) is 0 Å². The molecule has 0 aromatic carbocycles. The Bertz CT molecular complexity index is 479. The molecule has 1 aromatic rings. The monoisotopic (exact) mass is 269 g/mol. The Kier molecular flexibility index (Phi) is 7.14. The smallest absolute Gasteiger partial charge is 0.330 e. The van der Waals surface area contributed by atoms with E-state index in [1.165, 1.54) is 15.2 Å². The summed E-state index contributed by atoms with van der Waals surface area (Å²) in [7, 11) is 1.67. The number of hydrogen-bond donors (Lipinski definition) is 1. The van der Waals surface area contributed by atoms with Crippen LogP contribution in [0.25, 0.3) is 0 Å². The van der Waals surface area contributed by atoms with Crippen LogP contribution in [0, 0.1) is 0 Å². The minimum Gasteiger partial charge on any atom is -0.383 e. The first-order chi connectivity index (χ1) is 9.20. The fourth-order valence-electron chi connectivity index (χ4n) is 1.82. The predicted molar refractivity (Wildman–Crippen MR) is 74.6 cm³/mol. The fraction of sp³-hybridized carbons (Fsp3) is 0.692. The summed E-state index contributed by atoms with van der Waals surface area (Å²) in [5.74, 6) is 0. The highest BCUT2D eigenvalue weighted by Crippen LogP contribution is 1.89. The highest BCUT2D eigenvalue weighted by atomic mass is 16.5. The first-order valence-corrected chi connectivity index (χ1v) is 6.70.